The van der Waals surface area contributed by atoms with E-state index < -0.39 is 29.5 Å². The van der Waals surface area contributed by atoms with Crippen molar-refractivity contribution in [2.24, 2.45) is 0 Å². The second kappa shape index (κ2) is 12.1. The quantitative estimate of drug-likeness (QED) is 0.0787. The summed E-state index contributed by atoms with van der Waals surface area (Å²) in [5.74, 6) is -3.04. The molecule has 1 aliphatic rings. The van der Waals surface area contributed by atoms with Gasteiger partial charge in [0, 0.05) is 34.4 Å². The number of hydrazine groups is 1. The smallest absolute Gasteiger partial charge is 0.282 e. The minimum absolute atomic E-state index is 0.00491. The van der Waals surface area contributed by atoms with Crippen molar-refractivity contribution >= 4 is 122 Å². The second-order valence-corrected chi connectivity index (χ2v) is 12.3. The maximum Gasteiger partial charge on any atom is 0.282 e. The summed E-state index contributed by atoms with van der Waals surface area (Å²) in [7, 11) is 0. The minimum Gasteiger partial charge on any atom is -0.292 e. The first-order valence-corrected chi connectivity index (χ1v) is 15.2. The van der Waals surface area contributed by atoms with E-state index in [1.165, 1.54) is 36.4 Å². The lowest BCUT2D eigenvalue weighted by molar-refractivity contribution is -0.00964. The Balaban J connectivity index is 1.94. The number of alkyl halides is 1. The van der Waals surface area contributed by atoms with Gasteiger partial charge in [0.15, 0.2) is 5.78 Å². The average Bonchev–Trinajstić information content (AvgIpc) is 3.16. The molecule has 0 saturated carbocycles. The van der Waals surface area contributed by atoms with E-state index in [1.54, 1.807) is 12.1 Å². The Kier molecular flexibility index (Phi) is 9.44. The molecule has 0 saturated heterocycles. The zero-order valence-corrected chi connectivity index (χ0v) is 27.4. The summed E-state index contributed by atoms with van der Waals surface area (Å²) in [6, 6.07) is 10.9. The van der Waals surface area contributed by atoms with Crippen molar-refractivity contribution in [3.05, 3.63) is 98.7 Å². The normalized spacial score (nSPS) is 13.5. The van der Waals surface area contributed by atoms with Crippen molar-refractivity contribution in [2.45, 2.75) is 12.5 Å². The molecule has 1 atom stereocenters. The van der Waals surface area contributed by atoms with Gasteiger partial charge in [-0.15, -0.1) is 11.6 Å². The number of ketones is 1. The van der Waals surface area contributed by atoms with Crippen LogP contribution in [0.25, 0.3) is 0 Å². The molecule has 6 nitrogen and oxygen atoms in total. The SMILES string of the molecule is O=C(c1ccc(Cl)cc1)[C@@H](CCCl)N(C(=O)c1ccccc1Cl)N1C(=O)c2c(Br)c(Br)c(Br)c(Br)c2C1=O. The molecule has 0 fully saturated rings. The minimum atomic E-state index is -1.33. The van der Waals surface area contributed by atoms with Gasteiger partial charge in [-0.25, -0.2) is 5.01 Å². The lowest BCUT2D eigenvalue weighted by Crippen LogP contribution is -2.57. The number of halogens is 7. The van der Waals surface area contributed by atoms with Gasteiger partial charge in [-0.2, -0.15) is 5.01 Å². The highest BCUT2D eigenvalue weighted by Crippen LogP contribution is 2.46. The Bertz CT molecular complexity index is 1450. The van der Waals surface area contributed by atoms with Crippen LogP contribution in [0.1, 0.15) is 47.9 Å². The Morgan fingerprint density at radius 2 is 1.34 bits per heavy atom. The summed E-state index contributed by atoms with van der Waals surface area (Å²) in [6.45, 7) is 0. The molecule has 0 aromatic heterocycles. The monoisotopic (exact) mass is 826 g/mol. The van der Waals surface area contributed by atoms with Crippen LogP contribution in [0, 0.1) is 0 Å². The first-order chi connectivity index (χ1) is 18.0. The second-order valence-electron chi connectivity index (χ2n) is 7.92. The van der Waals surface area contributed by atoms with Crippen molar-refractivity contribution in [2.75, 3.05) is 5.88 Å². The molecule has 1 aliphatic heterocycles. The number of carbonyl (C=O) groups excluding carboxylic acids is 4. The first kappa shape index (κ1) is 29.7. The van der Waals surface area contributed by atoms with E-state index in [9.17, 15) is 19.2 Å². The predicted octanol–water partition coefficient (Wildman–Crippen LogP) is 8.58. The zero-order valence-electron chi connectivity index (χ0n) is 18.8. The molecule has 196 valence electrons. The molecule has 0 aliphatic carbocycles. The lowest BCUT2D eigenvalue weighted by atomic mass is 10.0. The van der Waals surface area contributed by atoms with E-state index in [-0.39, 0.29) is 39.6 Å². The molecule has 38 heavy (non-hydrogen) atoms. The van der Waals surface area contributed by atoms with Crippen molar-refractivity contribution in [3.63, 3.8) is 0 Å². The maximum absolute atomic E-state index is 14.0. The number of nitrogens with zero attached hydrogens (tertiary/aromatic N) is 2. The topological polar surface area (TPSA) is 74.8 Å². The van der Waals surface area contributed by atoms with Crippen molar-refractivity contribution in [3.8, 4) is 0 Å². The fraction of sp³-hybridized carbons (Fsp3) is 0.120. The number of fused-ring (bicyclic) bond motifs is 1. The third-order valence-electron chi connectivity index (χ3n) is 5.72. The van der Waals surface area contributed by atoms with Crippen LogP contribution >= 0.6 is 98.5 Å². The molecule has 0 spiro atoms. The van der Waals surface area contributed by atoms with Crippen LogP contribution in [0.15, 0.2) is 66.4 Å². The van der Waals surface area contributed by atoms with Gasteiger partial charge in [0.2, 0.25) is 0 Å². The maximum atomic E-state index is 14.0. The van der Waals surface area contributed by atoms with Crippen LogP contribution < -0.4 is 0 Å². The summed E-state index contributed by atoms with van der Waals surface area (Å²) in [4.78, 5) is 55.5. The van der Waals surface area contributed by atoms with Crippen LogP contribution in [-0.4, -0.2) is 45.4 Å². The number of rotatable bonds is 7. The molecule has 1 heterocycles. The molecule has 0 N–H and O–H groups in total. The number of hydrogen-bond donors (Lipinski definition) is 0. The number of Topliss-reactive ketones (excluding diaryl/α,β-unsaturated/α-hetero) is 1. The number of imide groups is 1. The Labute approximate surface area is 266 Å². The highest BCUT2D eigenvalue weighted by atomic mass is 79.9. The number of carbonyl (C=O) groups is 4. The van der Waals surface area contributed by atoms with Crippen molar-refractivity contribution in [1.29, 1.82) is 0 Å². The summed E-state index contributed by atoms with van der Waals surface area (Å²) in [6.07, 6.45) is -0.0671. The van der Waals surface area contributed by atoms with Crippen LogP contribution in [0.2, 0.25) is 10.0 Å². The van der Waals surface area contributed by atoms with Crippen molar-refractivity contribution < 1.29 is 19.2 Å². The van der Waals surface area contributed by atoms with Gasteiger partial charge in [-0.1, -0.05) is 35.3 Å². The third-order valence-corrected chi connectivity index (χ3v) is 11.3. The molecule has 3 aromatic carbocycles. The Morgan fingerprint density at radius 1 is 0.816 bits per heavy atom. The van der Waals surface area contributed by atoms with E-state index in [0.29, 0.717) is 27.9 Å². The molecule has 13 heteroatoms. The standard InChI is InChI=1S/C25H13Br4Cl3N2O4/c26-18-16-17(19(27)21(29)20(18)28)25(38)34(24(16)37)33(23(36)13-3-1-2-4-14(13)32)15(9-10-30)22(35)11-5-7-12(31)8-6-11/h1-8,15H,9-10H2/t15-/m1/s1. The highest BCUT2D eigenvalue weighted by molar-refractivity contribution is 9.15. The van der Waals surface area contributed by atoms with Gasteiger partial charge in [-0.05, 0) is 107 Å². The fourth-order valence-corrected chi connectivity index (χ4v) is 6.94. The summed E-state index contributed by atoms with van der Waals surface area (Å²) < 4.78 is 1.55. The molecule has 3 amide bonds. The van der Waals surface area contributed by atoms with Crippen LogP contribution in [-0.2, 0) is 0 Å². The number of hydrogen-bond acceptors (Lipinski definition) is 4. The van der Waals surface area contributed by atoms with Gasteiger partial charge >= 0.3 is 0 Å². The molecular formula is C25H13Br4Cl3N2O4. The number of benzene rings is 3. The Morgan fingerprint density at radius 3 is 1.84 bits per heavy atom. The van der Waals surface area contributed by atoms with Gasteiger partial charge < -0.3 is 0 Å². The van der Waals surface area contributed by atoms with E-state index in [1.807, 2.05) is 0 Å². The Hall–Kier alpha value is -1.27. The molecule has 4 rings (SSSR count). The lowest BCUT2D eigenvalue weighted by Gasteiger charge is -2.36. The highest BCUT2D eigenvalue weighted by Gasteiger charge is 2.49. The van der Waals surface area contributed by atoms with Gasteiger partial charge in [0.25, 0.3) is 17.7 Å². The molecular weight excluding hydrogens is 818 g/mol. The van der Waals surface area contributed by atoms with E-state index in [4.69, 9.17) is 34.8 Å². The van der Waals surface area contributed by atoms with Crippen LogP contribution in [0.4, 0.5) is 0 Å². The van der Waals surface area contributed by atoms with Crippen LogP contribution in [0.5, 0.6) is 0 Å². The fourth-order valence-electron chi connectivity index (χ4n) is 3.94. The van der Waals surface area contributed by atoms with Gasteiger partial charge in [0.1, 0.15) is 6.04 Å². The zero-order chi connectivity index (χ0) is 27.9. The number of amides is 3. The third kappa shape index (κ3) is 5.25. The van der Waals surface area contributed by atoms with Crippen molar-refractivity contribution in [1.82, 2.24) is 10.0 Å². The van der Waals surface area contributed by atoms with Gasteiger partial charge in [-0.3, -0.25) is 19.2 Å². The van der Waals surface area contributed by atoms with E-state index in [0.717, 1.165) is 5.01 Å². The summed E-state index contributed by atoms with van der Waals surface area (Å²) in [5.41, 5.74) is 0.232. The average molecular weight is 831 g/mol. The first-order valence-electron chi connectivity index (χ1n) is 10.7. The van der Waals surface area contributed by atoms with Crippen LogP contribution in [0.3, 0.4) is 0 Å². The largest absolute Gasteiger partial charge is 0.292 e. The van der Waals surface area contributed by atoms with E-state index >= 15 is 0 Å². The van der Waals surface area contributed by atoms with Gasteiger partial charge in [0.05, 0.1) is 21.7 Å². The summed E-state index contributed by atoms with van der Waals surface area (Å²) >= 11 is 31.9. The summed E-state index contributed by atoms with van der Waals surface area (Å²) in [5, 5.41) is 2.02. The molecule has 0 radical (unpaired) electrons. The van der Waals surface area contributed by atoms with E-state index in [2.05, 4.69) is 63.7 Å². The molecule has 0 bridgehead atoms. The predicted molar refractivity (Wildman–Crippen MR) is 160 cm³/mol. The molecule has 0 unspecified atom stereocenters. The molecule has 3 aromatic rings.